The van der Waals surface area contributed by atoms with Gasteiger partial charge in [0.05, 0.1) is 41.9 Å². The van der Waals surface area contributed by atoms with Gasteiger partial charge >= 0.3 is 5.97 Å². The molecule has 3 heterocycles. The van der Waals surface area contributed by atoms with Crippen LogP contribution in [0.2, 0.25) is 0 Å². The molecule has 0 aliphatic carbocycles. The normalized spacial score (nSPS) is 34.2. The summed E-state index contributed by atoms with van der Waals surface area (Å²) in [6.45, 7) is 1.81. The van der Waals surface area contributed by atoms with Crippen molar-refractivity contribution >= 4 is 23.5 Å². The third-order valence-electron chi connectivity index (χ3n) is 4.88. The first kappa shape index (κ1) is 14.1. The molecule has 23 heavy (non-hydrogen) atoms. The van der Waals surface area contributed by atoms with Gasteiger partial charge < -0.3 is 9.47 Å². The fourth-order valence-electron chi connectivity index (χ4n) is 3.84. The maximum Gasteiger partial charge on any atom is 0.339 e. The van der Waals surface area contributed by atoms with Gasteiger partial charge in [0.15, 0.2) is 0 Å². The van der Waals surface area contributed by atoms with Gasteiger partial charge in [-0.25, -0.2) is 9.69 Å². The number of carbonyl (C=O) groups is 3. The van der Waals surface area contributed by atoms with Crippen molar-refractivity contribution in [2.45, 2.75) is 18.6 Å². The molecule has 118 valence electrons. The maximum atomic E-state index is 12.9. The number of hydrogen-bond donors (Lipinski definition) is 0. The quantitative estimate of drug-likeness (QED) is 0.467. The van der Waals surface area contributed by atoms with Crippen LogP contribution in [0.25, 0.3) is 0 Å². The number of esters is 1. The van der Waals surface area contributed by atoms with Crippen LogP contribution in [-0.4, -0.2) is 36.6 Å². The molecule has 2 fully saturated rings. The Kier molecular flexibility index (Phi) is 2.78. The van der Waals surface area contributed by atoms with E-state index < -0.39 is 23.4 Å². The van der Waals surface area contributed by atoms with Crippen LogP contribution >= 0.6 is 0 Å². The second-order valence-electron chi connectivity index (χ2n) is 6.15. The van der Waals surface area contributed by atoms with Crippen LogP contribution in [0, 0.1) is 11.8 Å². The minimum Gasteiger partial charge on any atom is -0.465 e. The summed E-state index contributed by atoms with van der Waals surface area (Å²) >= 11 is 0. The van der Waals surface area contributed by atoms with E-state index in [1.165, 1.54) is 7.11 Å². The highest BCUT2D eigenvalue weighted by Gasteiger charge is 2.66. The molecular weight excluding hydrogens is 298 g/mol. The number of amides is 2. The van der Waals surface area contributed by atoms with E-state index in [1.54, 1.807) is 24.3 Å². The first-order valence-electron chi connectivity index (χ1n) is 7.40. The van der Waals surface area contributed by atoms with Crippen molar-refractivity contribution in [3.05, 3.63) is 42.0 Å². The lowest BCUT2D eigenvalue weighted by Crippen LogP contribution is -2.39. The predicted octanol–water partition coefficient (Wildman–Crippen LogP) is 1.31. The van der Waals surface area contributed by atoms with Gasteiger partial charge in [-0.1, -0.05) is 24.3 Å². The Morgan fingerprint density at radius 3 is 2.70 bits per heavy atom. The Balaban J connectivity index is 1.80. The molecule has 6 heteroatoms. The highest BCUT2D eigenvalue weighted by molar-refractivity contribution is 6.25. The molecule has 2 saturated heterocycles. The lowest BCUT2D eigenvalue weighted by Gasteiger charge is -2.24. The van der Waals surface area contributed by atoms with E-state index in [2.05, 4.69) is 0 Å². The smallest absolute Gasteiger partial charge is 0.339 e. The minimum atomic E-state index is -0.753. The summed E-state index contributed by atoms with van der Waals surface area (Å²) in [7, 11) is 1.26. The van der Waals surface area contributed by atoms with Crippen LogP contribution in [0.3, 0.4) is 0 Å². The Bertz CT molecular complexity index is 770. The van der Waals surface area contributed by atoms with Gasteiger partial charge in [-0.2, -0.15) is 0 Å². The van der Waals surface area contributed by atoms with Crippen molar-refractivity contribution in [3.8, 4) is 0 Å². The van der Waals surface area contributed by atoms with E-state index in [0.717, 1.165) is 4.90 Å². The average Bonchev–Trinajstić information content (AvgIpc) is 3.16. The fraction of sp³-hybridized carbons (Fsp3) is 0.353. The van der Waals surface area contributed by atoms with E-state index in [9.17, 15) is 14.4 Å². The molecular formula is C17H15NO5. The van der Waals surface area contributed by atoms with Crippen LogP contribution in [0.5, 0.6) is 0 Å². The van der Waals surface area contributed by atoms with Gasteiger partial charge in [0.2, 0.25) is 11.8 Å². The molecule has 0 aromatic heterocycles. The van der Waals surface area contributed by atoms with Crippen LogP contribution in [0.1, 0.15) is 17.3 Å². The molecule has 1 aromatic carbocycles. The second kappa shape index (κ2) is 4.52. The number of nitrogens with zero attached hydrogens (tertiary/aromatic N) is 1. The van der Waals surface area contributed by atoms with Gasteiger partial charge in [-0.3, -0.25) is 9.59 Å². The largest absolute Gasteiger partial charge is 0.465 e. The average molecular weight is 313 g/mol. The summed E-state index contributed by atoms with van der Waals surface area (Å²) < 4.78 is 10.5. The third-order valence-corrected chi connectivity index (χ3v) is 4.88. The molecule has 0 spiro atoms. The standard InChI is InChI=1S/C17H15NO5/c1-17-8-7-11(23-17)12-13(17)15(20)18(14(12)19)10-6-4-3-5-9(10)16(21)22-2/h3-8,11-13H,1-2H3/t11-,12-,13+,17-/m1/s1. The first-order valence-corrected chi connectivity index (χ1v) is 7.40. The number of imide groups is 1. The van der Waals surface area contributed by atoms with Crippen LogP contribution < -0.4 is 4.90 Å². The number of rotatable bonds is 2. The number of carbonyl (C=O) groups excluding carboxylic acids is 3. The van der Waals surface area contributed by atoms with Crippen LogP contribution in [0.15, 0.2) is 36.4 Å². The summed E-state index contributed by atoms with van der Waals surface area (Å²) in [6.07, 6.45) is 3.30. The summed E-state index contributed by atoms with van der Waals surface area (Å²) in [5.74, 6) is -2.30. The van der Waals surface area contributed by atoms with Crippen molar-refractivity contribution < 1.29 is 23.9 Å². The van der Waals surface area contributed by atoms with Crippen LogP contribution in [0.4, 0.5) is 5.69 Å². The molecule has 3 aliphatic rings. The van der Waals surface area contributed by atoms with E-state index in [-0.39, 0.29) is 29.2 Å². The summed E-state index contributed by atoms with van der Waals surface area (Å²) in [4.78, 5) is 38.8. The van der Waals surface area contributed by atoms with Crippen molar-refractivity contribution in [1.82, 2.24) is 0 Å². The molecule has 2 amide bonds. The van der Waals surface area contributed by atoms with Crippen molar-refractivity contribution in [2.75, 3.05) is 12.0 Å². The maximum absolute atomic E-state index is 12.9. The first-order chi connectivity index (χ1) is 11.0. The Morgan fingerprint density at radius 2 is 2.00 bits per heavy atom. The highest BCUT2D eigenvalue weighted by Crippen LogP contribution is 2.52. The molecule has 0 saturated carbocycles. The number of benzene rings is 1. The van der Waals surface area contributed by atoms with Crippen molar-refractivity contribution in [1.29, 1.82) is 0 Å². The van der Waals surface area contributed by atoms with Gasteiger partial charge in [-0.15, -0.1) is 0 Å². The third kappa shape index (κ3) is 1.69. The van der Waals surface area contributed by atoms with Crippen molar-refractivity contribution in [2.24, 2.45) is 11.8 Å². The molecule has 6 nitrogen and oxygen atoms in total. The topological polar surface area (TPSA) is 72.9 Å². The summed E-state index contributed by atoms with van der Waals surface area (Å²) in [5.41, 5.74) is -0.286. The van der Waals surface area contributed by atoms with Crippen LogP contribution in [-0.2, 0) is 19.1 Å². The lowest BCUT2D eigenvalue weighted by atomic mass is 9.78. The molecule has 0 N–H and O–H groups in total. The fourth-order valence-corrected chi connectivity index (χ4v) is 3.84. The Hall–Kier alpha value is -2.47. The monoisotopic (exact) mass is 313 g/mol. The number of para-hydroxylation sites is 1. The number of methoxy groups -OCH3 is 1. The molecule has 3 aliphatic heterocycles. The minimum absolute atomic E-state index is 0.197. The number of ether oxygens (including phenoxy) is 2. The van der Waals surface area contributed by atoms with Gasteiger partial charge in [-0.05, 0) is 19.1 Å². The predicted molar refractivity (Wildman–Crippen MR) is 79.7 cm³/mol. The Labute approximate surface area is 132 Å². The summed E-state index contributed by atoms with van der Waals surface area (Å²) in [6, 6.07) is 6.47. The Morgan fingerprint density at radius 1 is 1.26 bits per heavy atom. The summed E-state index contributed by atoms with van der Waals surface area (Å²) in [5, 5.41) is 0. The molecule has 4 atom stereocenters. The number of anilines is 1. The van der Waals surface area contributed by atoms with E-state index in [0.29, 0.717) is 0 Å². The van der Waals surface area contributed by atoms with E-state index >= 15 is 0 Å². The molecule has 0 unspecified atom stereocenters. The van der Waals surface area contributed by atoms with E-state index in [1.807, 2.05) is 19.1 Å². The SMILES string of the molecule is COC(=O)c1ccccc1N1C(=O)[C@H]2[C@@H](C1=O)[C@@]1(C)C=C[C@H]2O1. The number of hydrogen-bond acceptors (Lipinski definition) is 5. The van der Waals surface area contributed by atoms with Gasteiger partial charge in [0, 0.05) is 0 Å². The number of fused-ring (bicyclic) bond motifs is 5. The van der Waals surface area contributed by atoms with Gasteiger partial charge in [0.25, 0.3) is 0 Å². The zero-order chi connectivity index (χ0) is 16.4. The van der Waals surface area contributed by atoms with Crippen molar-refractivity contribution in [3.63, 3.8) is 0 Å². The zero-order valence-corrected chi connectivity index (χ0v) is 12.7. The second-order valence-corrected chi connectivity index (χ2v) is 6.15. The highest BCUT2D eigenvalue weighted by atomic mass is 16.5. The zero-order valence-electron chi connectivity index (χ0n) is 12.7. The lowest BCUT2D eigenvalue weighted by molar-refractivity contribution is -0.126. The van der Waals surface area contributed by atoms with Gasteiger partial charge in [0.1, 0.15) is 0 Å². The molecule has 1 aromatic rings. The molecule has 4 rings (SSSR count). The molecule has 0 radical (unpaired) electrons. The van der Waals surface area contributed by atoms with E-state index in [4.69, 9.17) is 9.47 Å². The molecule has 2 bridgehead atoms.